The monoisotopic (exact) mass is 380 g/mol. The third kappa shape index (κ3) is 3.26. The van der Waals surface area contributed by atoms with Crippen molar-refractivity contribution < 1.29 is 13.2 Å². The predicted molar refractivity (Wildman–Crippen MR) is 95.0 cm³/mol. The molecular weight excluding hydrogens is 356 g/mol. The van der Waals surface area contributed by atoms with Crippen molar-refractivity contribution in [2.75, 3.05) is 26.2 Å². The Bertz CT molecular complexity index is 908. The van der Waals surface area contributed by atoms with Gasteiger partial charge in [0.2, 0.25) is 15.9 Å². The molecule has 1 atom stereocenters. The van der Waals surface area contributed by atoms with Crippen molar-refractivity contribution >= 4 is 15.9 Å². The molecule has 26 heavy (non-hydrogen) atoms. The average Bonchev–Trinajstić information content (AvgIpc) is 3.20. The van der Waals surface area contributed by atoms with E-state index in [-0.39, 0.29) is 23.9 Å². The molecule has 1 aliphatic rings. The summed E-state index contributed by atoms with van der Waals surface area (Å²) in [4.78, 5) is 14.6. The molecule has 142 valence electrons. The zero-order chi connectivity index (χ0) is 19.1. The summed E-state index contributed by atoms with van der Waals surface area (Å²) in [5.74, 6) is -0.0530. The Labute approximate surface area is 153 Å². The molecular formula is C16H24N6O3S. The Hall–Kier alpha value is -2.20. The van der Waals surface area contributed by atoms with Gasteiger partial charge in [-0.15, -0.1) is 0 Å². The van der Waals surface area contributed by atoms with E-state index in [4.69, 9.17) is 0 Å². The van der Waals surface area contributed by atoms with Crippen LogP contribution in [0.4, 0.5) is 0 Å². The topological polar surface area (TPSA) is 93.3 Å². The molecule has 2 aromatic heterocycles. The second-order valence-electron chi connectivity index (χ2n) is 6.56. The smallest absolute Gasteiger partial charge is 0.247 e. The molecule has 1 unspecified atom stereocenters. The largest absolute Gasteiger partial charge is 0.338 e. The van der Waals surface area contributed by atoms with Gasteiger partial charge in [-0.3, -0.25) is 14.2 Å². The summed E-state index contributed by atoms with van der Waals surface area (Å²) >= 11 is 0. The van der Waals surface area contributed by atoms with Crippen LogP contribution in [0.25, 0.3) is 0 Å². The van der Waals surface area contributed by atoms with E-state index in [0.29, 0.717) is 18.8 Å². The number of amides is 1. The van der Waals surface area contributed by atoms with E-state index in [9.17, 15) is 13.2 Å². The molecule has 2 aromatic rings. The number of hydrogen-bond donors (Lipinski definition) is 0. The van der Waals surface area contributed by atoms with Gasteiger partial charge in [-0.1, -0.05) is 0 Å². The third-order valence-corrected chi connectivity index (χ3v) is 6.86. The van der Waals surface area contributed by atoms with E-state index in [0.717, 1.165) is 5.69 Å². The summed E-state index contributed by atoms with van der Waals surface area (Å²) in [6, 6.07) is 1.44. The Kier molecular flexibility index (Phi) is 4.89. The number of piperazine rings is 1. The van der Waals surface area contributed by atoms with E-state index in [2.05, 4.69) is 10.2 Å². The number of hydrogen-bond acceptors (Lipinski definition) is 5. The lowest BCUT2D eigenvalue weighted by atomic mass is 10.2. The zero-order valence-electron chi connectivity index (χ0n) is 15.5. The maximum Gasteiger partial charge on any atom is 0.247 e. The second-order valence-corrected chi connectivity index (χ2v) is 8.47. The van der Waals surface area contributed by atoms with E-state index in [1.54, 1.807) is 41.4 Å². The first-order valence-corrected chi connectivity index (χ1v) is 9.95. The summed E-state index contributed by atoms with van der Waals surface area (Å²) in [6.07, 6.45) is 3.16. The summed E-state index contributed by atoms with van der Waals surface area (Å²) < 4.78 is 30.2. The van der Waals surface area contributed by atoms with Crippen LogP contribution in [0.1, 0.15) is 24.4 Å². The Morgan fingerprint density at radius 2 is 1.85 bits per heavy atom. The lowest BCUT2D eigenvalue weighted by Gasteiger charge is -2.35. The van der Waals surface area contributed by atoms with Crippen LogP contribution < -0.4 is 0 Å². The quantitative estimate of drug-likeness (QED) is 0.762. The fourth-order valence-electron chi connectivity index (χ4n) is 3.05. The van der Waals surface area contributed by atoms with Crippen molar-refractivity contribution in [3.05, 3.63) is 29.8 Å². The highest BCUT2D eigenvalue weighted by molar-refractivity contribution is 7.89. The molecule has 1 saturated heterocycles. The number of carbonyl (C=O) groups is 1. The molecule has 1 amide bonds. The van der Waals surface area contributed by atoms with Crippen molar-refractivity contribution in [2.45, 2.75) is 31.7 Å². The van der Waals surface area contributed by atoms with Crippen molar-refractivity contribution in [3.8, 4) is 0 Å². The number of aryl methyl sites for hydroxylation is 2. The fourth-order valence-corrected chi connectivity index (χ4v) is 4.65. The fraction of sp³-hybridized carbons (Fsp3) is 0.562. The van der Waals surface area contributed by atoms with Gasteiger partial charge in [0.1, 0.15) is 10.9 Å². The first kappa shape index (κ1) is 18.6. The first-order chi connectivity index (χ1) is 12.2. The average molecular weight is 380 g/mol. The number of rotatable bonds is 4. The van der Waals surface area contributed by atoms with Gasteiger partial charge in [0.25, 0.3) is 0 Å². The summed E-state index contributed by atoms with van der Waals surface area (Å²) in [5.41, 5.74) is 1.46. The van der Waals surface area contributed by atoms with E-state index in [1.807, 2.05) is 13.0 Å². The standard InChI is InChI=1S/C16H24N6O3S/c1-12-5-6-22(18-12)14(3)16(23)20-7-9-21(10-8-20)26(24,25)15-11-17-19(4)13(15)2/h5-6,11,14H,7-10H2,1-4H3. The number of nitrogens with zero attached hydrogens (tertiary/aromatic N) is 6. The van der Waals surface area contributed by atoms with E-state index in [1.165, 1.54) is 10.5 Å². The lowest BCUT2D eigenvalue weighted by molar-refractivity contribution is -0.135. The predicted octanol–water partition coefficient (Wildman–Crippen LogP) is 0.328. The minimum atomic E-state index is -3.60. The molecule has 1 fully saturated rings. The van der Waals surface area contributed by atoms with Gasteiger partial charge in [-0.05, 0) is 26.8 Å². The summed E-state index contributed by atoms with van der Waals surface area (Å²) in [6.45, 7) is 6.67. The Morgan fingerprint density at radius 1 is 1.19 bits per heavy atom. The van der Waals surface area contributed by atoms with E-state index < -0.39 is 16.1 Å². The molecule has 9 nitrogen and oxygen atoms in total. The van der Waals surface area contributed by atoms with Crippen molar-refractivity contribution in [2.24, 2.45) is 7.05 Å². The van der Waals surface area contributed by atoms with Crippen LogP contribution in [-0.2, 0) is 21.9 Å². The van der Waals surface area contributed by atoms with Crippen LogP contribution in [-0.4, -0.2) is 69.3 Å². The van der Waals surface area contributed by atoms with Gasteiger partial charge in [-0.2, -0.15) is 14.5 Å². The molecule has 3 rings (SSSR count). The molecule has 0 N–H and O–H groups in total. The van der Waals surface area contributed by atoms with Gasteiger partial charge in [-0.25, -0.2) is 8.42 Å². The van der Waals surface area contributed by atoms with Crippen LogP contribution >= 0.6 is 0 Å². The first-order valence-electron chi connectivity index (χ1n) is 8.51. The second kappa shape index (κ2) is 6.84. The zero-order valence-corrected chi connectivity index (χ0v) is 16.3. The van der Waals surface area contributed by atoms with Gasteiger partial charge >= 0.3 is 0 Å². The van der Waals surface area contributed by atoms with Gasteiger partial charge < -0.3 is 4.90 Å². The highest BCUT2D eigenvalue weighted by Crippen LogP contribution is 2.21. The highest BCUT2D eigenvalue weighted by atomic mass is 32.2. The third-order valence-electron chi connectivity index (χ3n) is 4.85. The van der Waals surface area contributed by atoms with Crippen molar-refractivity contribution in [3.63, 3.8) is 0 Å². The maximum absolute atomic E-state index is 12.8. The highest BCUT2D eigenvalue weighted by Gasteiger charge is 2.33. The molecule has 0 spiro atoms. The minimum Gasteiger partial charge on any atom is -0.338 e. The molecule has 0 radical (unpaired) electrons. The summed E-state index contributed by atoms with van der Waals surface area (Å²) in [5, 5.41) is 8.30. The molecule has 1 aliphatic heterocycles. The van der Waals surface area contributed by atoms with Crippen molar-refractivity contribution in [1.82, 2.24) is 28.8 Å². The van der Waals surface area contributed by atoms with Gasteiger partial charge in [0, 0.05) is 39.4 Å². The number of carbonyl (C=O) groups excluding carboxylic acids is 1. The summed E-state index contributed by atoms with van der Waals surface area (Å²) in [7, 11) is -1.88. The normalized spacial score (nSPS) is 17.5. The molecule has 0 bridgehead atoms. The molecule has 0 aliphatic carbocycles. The maximum atomic E-state index is 12.8. The SMILES string of the molecule is Cc1ccn(C(C)C(=O)N2CCN(S(=O)(=O)c3cnn(C)c3C)CC2)n1. The van der Waals surface area contributed by atoms with Gasteiger partial charge in [0.05, 0.1) is 17.6 Å². The Balaban J connectivity index is 1.67. The molecule has 10 heteroatoms. The lowest BCUT2D eigenvalue weighted by Crippen LogP contribution is -2.51. The minimum absolute atomic E-state index is 0.0530. The van der Waals surface area contributed by atoms with Crippen LogP contribution in [0, 0.1) is 13.8 Å². The Morgan fingerprint density at radius 3 is 2.35 bits per heavy atom. The van der Waals surface area contributed by atoms with Gasteiger partial charge in [0.15, 0.2) is 0 Å². The number of sulfonamides is 1. The van der Waals surface area contributed by atoms with Crippen LogP contribution in [0.5, 0.6) is 0 Å². The molecule has 3 heterocycles. The van der Waals surface area contributed by atoms with E-state index >= 15 is 0 Å². The number of aromatic nitrogens is 4. The van der Waals surface area contributed by atoms with Crippen molar-refractivity contribution in [1.29, 1.82) is 0 Å². The molecule has 0 saturated carbocycles. The van der Waals surface area contributed by atoms with Crippen LogP contribution in [0.3, 0.4) is 0 Å². The van der Waals surface area contributed by atoms with Crippen LogP contribution in [0.15, 0.2) is 23.4 Å². The van der Waals surface area contributed by atoms with Crippen LogP contribution in [0.2, 0.25) is 0 Å². The molecule has 0 aromatic carbocycles.